The van der Waals surface area contributed by atoms with Crippen molar-refractivity contribution in [2.24, 2.45) is 0 Å². The van der Waals surface area contributed by atoms with Crippen LogP contribution in [0.1, 0.15) is 28.7 Å². The monoisotopic (exact) mass is 405 g/mol. The van der Waals surface area contributed by atoms with Crippen LogP contribution in [-0.4, -0.2) is 18.4 Å². The molecule has 3 aromatic rings. The van der Waals surface area contributed by atoms with E-state index in [0.717, 1.165) is 22.1 Å². The second-order valence-electron chi connectivity index (χ2n) is 6.97. The third-order valence-corrected chi connectivity index (χ3v) is 4.69. The third-order valence-electron chi connectivity index (χ3n) is 4.69. The zero-order valence-corrected chi connectivity index (χ0v) is 16.9. The number of aryl methyl sites for hydroxylation is 2. The SMILES string of the molecule is Cc1cc2oc(=O)cc(COC(=O)CCNC(=O)/C=C/c3ccccc3)c2cc1C. The van der Waals surface area contributed by atoms with Crippen molar-refractivity contribution in [1.82, 2.24) is 5.32 Å². The summed E-state index contributed by atoms with van der Waals surface area (Å²) in [5.41, 5.74) is 3.54. The molecule has 154 valence electrons. The Hall–Kier alpha value is -3.67. The number of amides is 1. The zero-order chi connectivity index (χ0) is 21.5. The van der Waals surface area contributed by atoms with Gasteiger partial charge in [0.25, 0.3) is 0 Å². The molecule has 0 atom stereocenters. The number of rotatable bonds is 7. The van der Waals surface area contributed by atoms with Crippen molar-refractivity contribution in [3.8, 4) is 0 Å². The molecular weight excluding hydrogens is 382 g/mol. The fraction of sp³-hybridized carbons (Fsp3) is 0.208. The van der Waals surface area contributed by atoms with E-state index in [0.29, 0.717) is 11.1 Å². The Morgan fingerprint density at radius 2 is 1.80 bits per heavy atom. The molecule has 0 aliphatic carbocycles. The lowest BCUT2D eigenvalue weighted by Crippen LogP contribution is -2.24. The molecule has 1 aromatic heterocycles. The molecule has 1 N–H and O–H groups in total. The van der Waals surface area contributed by atoms with Gasteiger partial charge in [0.2, 0.25) is 5.91 Å². The average molecular weight is 405 g/mol. The molecule has 0 spiro atoms. The topological polar surface area (TPSA) is 85.6 Å². The number of carbonyl (C=O) groups excluding carboxylic acids is 2. The van der Waals surface area contributed by atoms with Crippen LogP contribution in [0.5, 0.6) is 0 Å². The highest BCUT2D eigenvalue weighted by Gasteiger charge is 2.10. The van der Waals surface area contributed by atoms with E-state index < -0.39 is 11.6 Å². The van der Waals surface area contributed by atoms with Crippen molar-refractivity contribution < 1.29 is 18.7 Å². The molecule has 0 unspecified atom stereocenters. The molecule has 0 saturated heterocycles. The minimum absolute atomic E-state index is 0.0302. The van der Waals surface area contributed by atoms with Crippen LogP contribution in [0.4, 0.5) is 0 Å². The van der Waals surface area contributed by atoms with Crippen LogP contribution in [0.2, 0.25) is 0 Å². The summed E-state index contributed by atoms with van der Waals surface area (Å²) in [5, 5.41) is 3.38. The normalized spacial score (nSPS) is 11.0. The van der Waals surface area contributed by atoms with Crippen molar-refractivity contribution in [1.29, 1.82) is 0 Å². The molecule has 6 heteroatoms. The standard InChI is InChI=1S/C24H23NO5/c1-16-12-20-19(14-24(28)30-21(20)13-17(16)2)15-29-23(27)10-11-25-22(26)9-8-18-6-4-3-5-7-18/h3-9,12-14H,10-11,15H2,1-2H3,(H,25,26)/b9-8+. The Labute approximate surface area is 174 Å². The van der Waals surface area contributed by atoms with Crippen molar-refractivity contribution in [3.05, 3.63) is 87.3 Å². The fourth-order valence-electron chi connectivity index (χ4n) is 2.92. The Morgan fingerprint density at radius 3 is 2.57 bits per heavy atom. The maximum absolute atomic E-state index is 12.0. The molecular formula is C24H23NO5. The van der Waals surface area contributed by atoms with Gasteiger partial charge in [0, 0.05) is 29.6 Å². The van der Waals surface area contributed by atoms with E-state index in [2.05, 4.69) is 5.32 Å². The summed E-state index contributed by atoms with van der Waals surface area (Å²) in [7, 11) is 0. The molecule has 6 nitrogen and oxygen atoms in total. The molecule has 0 saturated carbocycles. The summed E-state index contributed by atoms with van der Waals surface area (Å²) in [4.78, 5) is 35.6. The third kappa shape index (κ3) is 5.67. The first-order valence-corrected chi connectivity index (χ1v) is 9.63. The van der Waals surface area contributed by atoms with E-state index >= 15 is 0 Å². The molecule has 1 heterocycles. The van der Waals surface area contributed by atoms with Gasteiger partial charge in [-0.1, -0.05) is 30.3 Å². The number of hydrogen-bond acceptors (Lipinski definition) is 5. The summed E-state index contributed by atoms with van der Waals surface area (Å²) >= 11 is 0. The molecule has 3 rings (SSSR count). The van der Waals surface area contributed by atoms with Gasteiger partial charge in [-0.25, -0.2) is 4.79 Å². The number of benzene rings is 2. The van der Waals surface area contributed by atoms with Crippen LogP contribution in [-0.2, 0) is 20.9 Å². The summed E-state index contributed by atoms with van der Waals surface area (Å²) in [5.74, 6) is -0.753. The van der Waals surface area contributed by atoms with E-state index in [1.165, 1.54) is 12.1 Å². The number of fused-ring (bicyclic) bond motifs is 1. The zero-order valence-electron chi connectivity index (χ0n) is 16.9. The van der Waals surface area contributed by atoms with Crippen molar-refractivity contribution in [3.63, 3.8) is 0 Å². The molecule has 0 aliphatic rings. The minimum Gasteiger partial charge on any atom is -0.461 e. The van der Waals surface area contributed by atoms with Gasteiger partial charge in [-0.05, 0) is 48.7 Å². The predicted molar refractivity (Wildman–Crippen MR) is 115 cm³/mol. The predicted octanol–water partition coefficient (Wildman–Crippen LogP) is 3.67. The van der Waals surface area contributed by atoms with Gasteiger partial charge >= 0.3 is 11.6 Å². The quantitative estimate of drug-likeness (QED) is 0.368. The lowest BCUT2D eigenvalue weighted by Gasteiger charge is -2.09. The lowest BCUT2D eigenvalue weighted by molar-refractivity contribution is -0.144. The van der Waals surface area contributed by atoms with Gasteiger partial charge in [-0.15, -0.1) is 0 Å². The van der Waals surface area contributed by atoms with Crippen LogP contribution in [0.15, 0.2) is 63.8 Å². The van der Waals surface area contributed by atoms with E-state index in [1.54, 1.807) is 12.1 Å². The second-order valence-corrected chi connectivity index (χ2v) is 6.97. The highest BCUT2D eigenvalue weighted by molar-refractivity contribution is 5.91. The van der Waals surface area contributed by atoms with E-state index in [4.69, 9.17) is 9.15 Å². The Kier molecular flexibility index (Phi) is 6.80. The van der Waals surface area contributed by atoms with Crippen LogP contribution >= 0.6 is 0 Å². The van der Waals surface area contributed by atoms with Crippen molar-refractivity contribution in [2.45, 2.75) is 26.9 Å². The summed E-state index contributed by atoms with van der Waals surface area (Å²) in [6.07, 6.45) is 3.15. The molecule has 0 radical (unpaired) electrons. The van der Waals surface area contributed by atoms with Gasteiger partial charge in [0.15, 0.2) is 0 Å². The van der Waals surface area contributed by atoms with Gasteiger partial charge in [0.1, 0.15) is 12.2 Å². The molecule has 1 amide bonds. The van der Waals surface area contributed by atoms with E-state index in [9.17, 15) is 14.4 Å². The lowest BCUT2D eigenvalue weighted by atomic mass is 10.0. The minimum atomic E-state index is -0.491. The maximum Gasteiger partial charge on any atom is 0.336 e. The molecule has 2 aromatic carbocycles. The van der Waals surface area contributed by atoms with Gasteiger partial charge in [0.05, 0.1) is 6.42 Å². The van der Waals surface area contributed by atoms with Crippen LogP contribution in [0.25, 0.3) is 17.0 Å². The first kappa shape index (κ1) is 21.0. The highest BCUT2D eigenvalue weighted by Crippen LogP contribution is 2.22. The maximum atomic E-state index is 12.0. The molecule has 0 aliphatic heterocycles. The average Bonchev–Trinajstić information content (AvgIpc) is 2.72. The summed E-state index contributed by atoms with van der Waals surface area (Å²) in [6, 6.07) is 14.5. The van der Waals surface area contributed by atoms with Gasteiger partial charge in [-0.2, -0.15) is 0 Å². The van der Waals surface area contributed by atoms with Gasteiger partial charge < -0.3 is 14.5 Å². The summed E-state index contributed by atoms with van der Waals surface area (Å²) in [6.45, 7) is 4.02. The fourth-order valence-corrected chi connectivity index (χ4v) is 2.92. The Bertz CT molecular complexity index is 1150. The summed E-state index contributed by atoms with van der Waals surface area (Å²) < 4.78 is 10.5. The van der Waals surface area contributed by atoms with E-state index in [-0.39, 0.29) is 25.5 Å². The second kappa shape index (κ2) is 9.69. The highest BCUT2D eigenvalue weighted by atomic mass is 16.5. The van der Waals surface area contributed by atoms with Crippen molar-refractivity contribution >= 4 is 28.9 Å². The van der Waals surface area contributed by atoms with Crippen molar-refractivity contribution in [2.75, 3.05) is 6.54 Å². The smallest absolute Gasteiger partial charge is 0.336 e. The first-order chi connectivity index (χ1) is 14.4. The van der Waals surface area contributed by atoms with Crippen LogP contribution < -0.4 is 10.9 Å². The Morgan fingerprint density at radius 1 is 1.07 bits per heavy atom. The van der Waals surface area contributed by atoms with Crippen LogP contribution in [0.3, 0.4) is 0 Å². The largest absolute Gasteiger partial charge is 0.461 e. The first-order valence-electron chi connectivity index (χ1n) is 9.63. The van der Waals surface area contributed by atoms with Crippen LogP contribution in [0, 0.1) is 13.8 Å². The number of nitrogens with one attached hydrogen (secondary N) is 1. The Balaban J connectivity index is 1.51. The number of ether oxygens (including phenoxy) is 1. The van der Waals surface area contributed by atoms with E-state index in [1.807, 2.05) is 50.2 Å². The number of carbonyl (C=O) groups is 2. The molecule has 0 bridgehead atoms. The molecule has 30 heavy (non-hydrogen) atoms. The molecule has 0 fully saturated rings. The number of hydrogen-bond donors (Lipinski definition) is 1. The number of esters is 1. The van der Waals surface area contributed by atoms with Gasteiger partial charge in [-0.3, -0.25) is 9.59 Å².